The molecule has 13 heavy (non-hydrogen) atoms. The summed E-state index contributed by atoms with van der Waals surface area (Å²) in [6.45, 7) is 0. The summed E-state index contributed by atoms with van der Waals surface area (Å²) in [5.41, 5.74) is 0. The number of carboxylic acids is 2. The maximum absolute atomic E-state index is 9.55. The van der Waals surface area contributed by atoms with Crippen molar-refractivity contribution >= 4 is 11.9 Å². The van der Waals surface area contributed by atoms with Gasteiger partial charge in [0.1, 0.15) is 6.26 Å². The van der Waals surface area contributed by atoms with Crippen molar-refractivity contribution in [3.63, 3.8) is 0 Å². The first-order chi connectivity index (χ1) is 6.13. The first-order valence-corrected chi connectivity index (χ1v) is 3.09. The molecule has 0 saturated heterocycles. The van der Waals surface area contributed by atoms with Crippen molar-refractivity contribution in [2.45, 2.75) is 0 Å². The van der Waals surface area contributed by atoms with Crippen molar-refractivity contribution in [3.05, 3.63) is 31.0 Å². The van der Waals surface area contributed by atoms with Gasteiger partial charge < -0.3 is 14.6 Å². The number of nitrogens with zero attached hydrogens (tertiary/aromatic N) is 1. The molecule has 0 radical (unpaired) electrons. The number of hydrogen-bond acceptors (Lipinski definition) is 4. The third-order valence-corrected chi connectivity index (χ3v) is 0.716. The lowest BCUT2D eigenvalue weighted by Crippen LogP contribution is -1.91. The van der Waals surface area contributed by atoms with E-state index in [4.69, 9.17) is 10.2 Å². The molecule has 0 fully saturated rings. The van der Waals surface area contributed by atoms with Crippen molar-refractivity contribution < 1.29 is 24.2 Å². The van der Waals surface area contributed by atoms with E-state index in [1.54, 1.807) is 6.20 Å². The normalized spacial score (nSPS) is 8.92. The predicted octanol–water partition coefficient (Wildman–Crippen LogP) is 0.386. The van der Waals surface area contributed by atoms with Crippen molar-refractivity contribution in [2.24, 2.45) is 0 Å². The molecule has 6 heteroatoms. The number of hydrogen-bond donors (Lipinski definition) is 2. The Hall–Kier alpha value is -2.11. The molecule has 0 aromatic carbocycles. The van der Waals surface area contributed by atoms with Gasteiger partial charge >= 0.3 is 11.9 Å². The summed E-state index contributed by atoms with van der Waals surface area (Å²) in [6.07, 6.45) is 5.59. The summed E-state index contributed by atoms with van der Waals surface area (Å²) in [6, 6.07) is 0. The third-order valence-electron chi connectivity index (χ3n) is 0.716. The number of aromatic nitrogens is 1. The van der Waals surface area contributed by atoms with E-state index in [1.807, 2.05) is 0 Å². The van der Waals surface area contributed by atoms with Crippen molar-refractivity contribution in [3.8, 4) is 0 Å². The molecule has 0 aliphatic heterocycles. The summed E-state index contributed by atoms with van der Waals surface area (Å²) in [4.78, 5) is 22.7. The van der Waals surface area contributed by atoms with Crippen LogP contribution in [0.15, 0.2) is 35.4 Å². The molecule has 70 valence electrons. The number of carbonyl (C=O) groups is 2. The maximum Gasteiger partial charge on any atom is 0.328 e. The van der Waals surface area contributed by atoms with Gasteiger partial charge in [0, 0.05) is 12.2 Å². The lowest BCUT2D eigenvalue weighted by atomic mass is 10.5. The Bertz CT molecular complexity index is 244. The Morgan fingerprint density at radius 2 is 1.77 bits per heavy atom. The van der Waals surface area contributed by atoms with Crippen LogP contribution in [0.1, 0.15) is 0 Å². The van der Waals surface area contributed by atoms with Gasteiger partial charge in [0.05, 0.1) is 6.20 Å². The molecule has 1 rings (SSSR count). The molecule has 1 aromatic heterocycles. The molecule has 1 heterocycles. The zero-order valence-corrected chi connectivity index (χ0v) is 6.45. The van der Waals surface area contributed by atoms with Gasteiger partial charge in [0.2, 0.25) is 0 Å². The van der Waals surface area contributed by atoms with Gasteiger partial charge in [0.25, 0.3) is 0 Å². The highest BCUT2D eigenvalue weighted by molar-refractivity contribution is 5.89. The van der Waals surface area contributed by atoms with E-state index in [-0.39, 0.29) is 0 Å². The van der Waals surface area contributed by atoms with Crippen molar-refractivity contribution in [2.75, 3.05) is 0 Å². The van der Waals surface area contributed by atoms with E-state index in [1.165, 1.54) is 12.7 Å². The van der Waals surface area contributed by atoms with Crippen LogP contribution < -0.4 is 0 Å². The van der Waals surface area contributed by atoms with Crippen LogP contribution in [0.25, 0.3) is 0 Å². The van der Waals surface area contributed by atoms with Crippen molar-refractivity contribution in [1.29, 1.82) is 0 Å². The van der Waals surface area contributed by atoms with E-state index in [0.717, 1.165) is 0 Å². The Kier molecular flexibility index (Phi) is 5.52. The average molecular weight is 185 g/mol. The fraction of sp³-hybridized carbons (Fsp3) is 0. The quantitative estimate of drug-likeness (QED) is 0.646. The smallest absolute Gasteiger partial charge is 0.328 e. The van der Waals surface area contributed by atoms with Crippen LogP contribution in [-0.4, -0.2) is 27.1 Å². The van der Waals surface area contributed by atoms with Crippen LogP contribution in [-0.2, 0) is 9.59 Å². The van der Waals surface area contributed by atoms with Gasteiger partial charge in [0.15, 0.2) is 6.39 Å². The number of aliphatic carboxylic acids is 2. The van der Waals surface area contributed by atoms with Gasteiger partial charge in [-0.3, -0.25) is 0 Å². The molecule has 0 unspecified atom stereocenters. The zero-order chi connectivity index (χ0) is 10.1. The fourth-order valence-electron chi connectivity index (χ4n) is 0.318. The molecule has 0 amide bonds. The third kappa shape index (κ3) is 9.89. The minimum Gasteiger partial charge on any atom is -0.478 e. The Morgan fingerprint density at radius 3 is 1.92 bits per heavy atom. The van der Waals surface area contributed by atoms with Crippen LogP contribution in [0.3, 0.4) is 0 Å². The highest BCUT2D eigenvalue weighted by Crippen LogP contribution is 1.72. The highest BCUT2D eigenvalue weighted by Gasteiger charge is 1.88. The minimum absolute atomic E-state index is 0.558. The second kappa shape index (κ2) is 6.59. The predicted molar refractivity (Wildman–Crippen MR) is 40.9 cm³/mol. The molecule has 1 aromatic rings. The van der Waals surface area contributed by atoms with Gasteiger partial charge in [-0.15, -0.1) is 0 Å². The molecule has 0 spiro atoms. The lowest BCUT2D eigenvalue weighted by Gasteiger charge is -1.74. The summed E-state index contributed by atoms with van der Waals surface area (Å²) >= 11 is 0. The second-order valence-corrected chi connectivity index (χ2v) is 1.69. The van der Waals surface area contributed by atoms with Crippen molar-refractivity contribution in [1.82, 2.24) is 4.98 Å². The van der Waals surface area contributed by atoms with E-state index < -0.39 is 11.9 Å². The van der Waals surface area contributed by atoms with E-state index in [2.05, 4.69) is 9.40 Å². The van der Waals surface area contributed by atoms with Gasteiger partial charge in [-0.25, -0.2) is 14.6 Å². The Morgan fingerprint density at radius 1 is 1.23 bits per heavy atom. The second-order valence-electron chi connectivity index (χ2n) is 1.69. The van der Waals surface area contributed by atoms with Crippen LogP contribution in [0.2, 0.25) is 0 Å². The van der Waals surface area contributed by atoms with Gasteiger partial charge in [-0.05, 0) is 0 Å². The standard InChI is InChI=1S/C4H4O4.C3H3NO/c5-3(6)1-2-4(7)8;1-2-5-3-4-1/h1-2H,(H,5,6)(H,7,8);1-3H/b2-1-;. The molecule has 0 bridgehead atoms. The average Bonchev–Trinajstić information content (AvgIpc) is 2.57. The topological polar surface area (TPSA) is 101 Å². The van der Waals surface area contributed by atoms with E-state index in [9.17, 15) is 9.59 Å². The molecular weight excluding hydrogens is 178 g/mol. The van der Waals surface area contributed by atoms with E-state index >= 15 is 0 Å². The molecule has 0 atom stereocenters. The maximum atomic E-state index is 9.55. The molecule has 2 N–H and O–H groups in total. The Labute approximate surface area is 73.1 Å². The first-order valence-electron chi connectivity index (χ1n) is 3.09. The molecule has 6 nitrogen and oxygen atoms in total. The van der Waals surface area contributed by atoms with Crippen LogP contribution in [0, 0.1) is 0 Å². The summed E-state index contributed by atoms with van der Waals surface area (Å²) in [5.74, 6) is -2.51. The molecule has 0 aliphatic rings. The Balaban J connectivity index is 0.000000243. The summed E-state index contributed by atoms with van der Waals surface area (Å²) in [5, 5.41) is 15.6. The van der Waals surface area contributed by atoms with Gasteiger partial charge in [-0.2, -0.15) is 0 Å². The SMILES string of the molecule is O=C(O)/C=C\C(=O)O.c1cocn1. The minimum atomic E-state index is -1.26. The monoisotopic (exact) mass is 185 g/mol. The lowest BCUT2D eigenvalue weighted by molar-refractivity contribution is -0.134. The van der Waals surface area contributed by atoms with E-state index in [0.29, 0.717) is 12.2 Å². The first kappa shape index (κ1) is 10.9. The zero-order valence-electron chi connectivity index (χ0n) is 6.45. The molecule has 0 saturated carbocycles. The fourth-order valence-corrected chi connectivity index (χ4v) is 0.318. The number of oxazole rings is 1. The van der Waals surface area contributed by atoms with Gasteiger partial charge in [-0.1, -0.05) is 0 Å². The highest BCUT2D eigenvalue weighted by atomic mass is 16.4. The van der Waals surface area contributed by atoms with Crippen LogP contribution >= 0.6 is 0 Å². The number of rotatable bonds is 2. The molecule has 0 aliphatic carbocycles. The van der Waals surface area contributed by atoms with Crippen LogP contribution in [0.4, 0.5) is 0 Å². The number of carboxylic acid groups (broad SMARTS) is 2. The summed E-state index contributed by atoms with van der Waals surface area (Å²) in [7, 11) is 0. The van der Waals surface area contributed by atoms with Crippen LogP contribution in [0.5, 0.6) is 0 Å². The molecular formula is C7H7NO5. The summed E-state index contributed by atoms with van der Waals surface area (Å²) < 4.78 is 4.47. The largest absolute Gasteiger partial charge is 0.478 e.